The van der Waals surface area contributed by atoms with Gasteiger partial charge < -0.3 is 14.5 Å². The number of hydrogen-bond donors (Lipinski definition) is 0. The summed E-state index contributed by atoms with van der Waals surface area (Å²) in [6, 6.07) is 0.247. The van der Waals surface area contributed by atoms with Crippen molar-refractivity contribution >= 4 is 6.03 Å². The maximum Gasteiger partial charge on any atom is 0.320 e. The van der Waals surface area contributed by atoms with Gasteiger partial charge in [0.05, 0.1) is 6.10 Å². The second-order valence-electron chi connectivity index (χ2n) is 5.62. The number of ether oxygens (including phenoxy) is 1. The first kappa shape index (κ1) is 13.7. The zero-order valence-corrected chi connectivity index (χ0v) is 11.7. The molecule has 0 aliphatic carbocycles. The van der Waals surface area contributed by atoms with Gasteiger partial charge in [-0.25, -0.2) is 4.79 Å². The van der Waals surface area contributed by atoms with E-state index in [1.54, 1.807) is 0 Å². The van der Waals surface area contributed by atoms with Crippen LogP contribution < -0.4 is 0 Å². The standard InChI is InChI=1S/C14H26N2O2/c1-3-18-13-6-9-15(10-7-13)14(17)16-8-4-5-12(2)11-16/h12-13H,3-11H2,1-2H3. The molecule has 2 aliphatic rings. The van der Waals surface area contributed by atoms with E-state index < -0.39 is 0 Å². The molecule has 18 heavy (non-hydrogen) atoms. The Morgan fingerprint density at radius 1 is 1.17 bits per heavy atom. The number of nitrogens with zero attached hydrogens (tertiary/aromatic N) is 2. The van der Waals surface area contributed by atoms with Crippen molar-refractivity contribution < 1.29 is 9.53 Å². The van der Waals surface area contributed by atoms with Crippen LogP contribution in [0.25, 0.3) is 0 Å². The summed E-state index contributed by atoms with van der Waals surface area (Å²) in [4.78, 5) is 16.4. The Morgan fingerprint density at radius 3 is 2.50 bits per heavy atom. The van der Waals surface area contributed by atoms with Gasteiger partial charge in [-0.05, 0) is 38.5 Å². The SMILES string of the molecule is CCOC1CCN(C(=O)N2CCCC(C)C2)CC1. The fourth-order valence-corrected chi connectivity index (χ4v) is 3.01. The molecular weight excluding hydrogens is 228 g/mol. The fourth-order valence-electron chi connectivity index (χ4n) is 3.01. The highest BCUT2D eigenvalue weighted by Gasteiger charge is 2.28. The predicted molar refractivity (Wildman–Crippen MR) is 71.6 cm³/mol. The molecule has 0 spiro atoms. The summed E-state index contributed by atoms with van der Waals surface area (Å²) in [7, 11) is 0. The van der Waals surface area contributed by atoms with Crippen LogP contribution in [0.4, 0.5) is 4.79 Å². The van der Waals surface area contributed by atoms with E-state index >= 15 is 0 Å². The number of likely N-dealkylation sites (tertiary alicyclic amines) is 2. The minimum atomic E-state index is 0.247. The number of urea groups is 1. The van der Waals surface area contributed by atoms with E-state index in [9.17, 15) is 4.79 Å². The molecule has 2 aliphatic heterocycles. The van der Waals surface area contributed by atoms with Gasteiger partial charge in [0, 0.05) is 32.8 Å². The van der Waals surface area contributed by atoms with Crippen LogP contribution in [-0.4, -0.2) is 54.7 Å². The second kappa shape index (κ2) is 6.41. The van der Waals surface area contributed by atoms with E-state index in [-0.39, 0.29) is 6.03 Å². The molecule has 0 N–H and O–H groups in total. The number of hydrogen-bond acceptors (Lipinski definition) is 2. The molecule has 2 fully saturated rings. The fraction of sp³-hybridized carbons (Fsp3) is 0.929. The van der Waals surface area contributed by atoms with Crippen molar-refractivity contribution in [3.05, 3.63) is 0 Å². The Labute approximate surface area is 110 Å². The van der Waals surface area contributed by atoms with Gasteiger partial charge >= 0.3 is 6.03 Å². The van der Waals surface area contributed by atoms with Gasteiger partial charge in [-0.15, -0.1) is 0 Å². The molecule has 0 aromatic rings. The lowest BCUT2D eigenvalue weighted by molar-refractivity contribution is 0.0171. The first-order chi connectivity index (χ1) is 8.70. The lowest BCUT2D eigenvalue weighted by Crippen LogP contribution is -2.50. The molecule has 2 rings (SSSR count). The van der Waals surface area contributed by atoms with E-state index in [2.05, 4.69) is 6.92 Å². The van der Waals surface area contributed by atoms with Crippen molar-refractivity contribution in [2.75, 3.05) is 32.8 Å². The Kier molecular flexibility index (Phi) is 4.87. The van der Waals surface area contributed by atoms with Crippen LogP contribution in [0.5, 0.6) is 0 Å². The van der Waals surface area contributed by atoms with E-state index in [1.165, 1.54) is 6.42 Å². The molecule has 0 aromatic heterocycles. The topological polar surface area (TPSA) is 32.8 Å². The van der Waals surface area contributed by atoms with Crippen molar-refractivity contribution in [2.45, 2.75) is 45.6 Å². The first-order valence-electron chi connectivity index (χ1n) is 7.36. The molecule has 4 heteroatoms. The molecule has 1 atom stereocenters. The number of piperidine rings is 2. The van der Waals surface area contributed by atoms with Crippen LogP contribution in [0, 0.1) is 5.92 Å². The van der Waals surface area contributed by atoms with Gasteiger partial charge in [0.15, 0.2) is 0 Å². The summed E-state index contributed by atoms with van der Waals surface area (Å²) >= 11 is 0. The van der Waals surface area contributed by atoms with Crippen molar-refractivity contribution in [1.29, 1.82) is 0 Å². The quantitative estimate of drug-likeness (QED) is 0.757. The van der Waals surface area contributed by atoms with E-state index in [1.807, 2.05) is 16.7 Å². The predicted octanol–water partition coefficient (Wildman–Crippen LogP) is 2.34. The average molecular weight is 254 g/mol. The Hall–Kier alpha value is -0.770. The largest absolute Gasteiger partial charge is 0.378 e. The summed E-state index contributed by atoms with van der Waals surface area (Å²) in [5, 5.41) is 0. The van der Waals surface area contributed by atoms with Crippen LogP contribution >= 0.6 is 0 Å². The summed E-state index contributed by atoms with van der Waals surface area (Å²) in [6.45, 7) is 8.64. The molecule has 4 nitrogen and oxygen atoms in total. The molecular formula is C14H26N2O2. The molecule has 1 unspecified atom stereocenters. The van der Waals surface area contributed by atoms with Crippen molar-refractivity contribution in [3.63, 3.8) is 0 Å². The Morgan fingerprint density at radius 2 is 1.89 bits per heavy atom. The summed E-state index contributed by atoms with van der Waals surface area (Å²) in [5.74, 6) is 0.656. The molecule has 0 aromatic carbocycles. The number of carbonyl (C=O) groups is 1. The molecule has 2 saturated heterocycles. The van der Waals surface area contributed by atoms with Crippen LogP contribution in [0.3, 0.4) is 0 Å². The van der Waals surface area contributed by atoms with Crippen LogP contribution in [0.15, 0.2) is 0 Å². The molecule has 2 heterocycles. The summed E-state index contributed by atoms with van der Waals surface area (Å²) < 4.78 is 5.62. The van der Waals surface area contributed by atoms with E-state index in [4.69, 9.17) is 4.74 Å². The van der Waals surface area contributed by atoms with Gasteiger partial charge in [-0.1, -0.05) is 6.92 Å². The number of carbonyl (C=O) groups excluding carboxylic acids is 1. The van der Waals surface area contributed by atoms with E-state index in [0.717, 1.165) is 52.0 Å². The highest BCUT2D eigenvalue weighted by Crippen LogP contribution is 2.20. The van der Waals surface area contributed by atoms with Gasteiger partial charge in [0.1, 0.15) is 0 Å². The van der Waals surface area contributed by atoms with Crippen molar-refractivity contribution in [3.8, 4) is 0 Å². The lowest BCUT2D eigenvalue weighted by Gasteiger charge is -2.38. The molecule has 2 amide bonds. The third kappa shape index (κ3) is 3.37. The third-order valence-electron chi connectivity index (χ3n) is 4.04. The summed E-state index contributed by atoms with van der Waals surface area (Å²) in [5.41, 5.74) is 0. The van der Waals surface area contributed by atoms with Crippen molar-refractivity contribution in [1.82, 2.24) is 9.80 Å². The van der Waals surface area contributed by atoms with Crippen LogP contribution in [0.1, 0.15) is 39.5 Å². The molecule has 0 radical (unpaired) electrons. The average Bonchev–Trinajstić information content (AvgIpc) is 2.39. The smallest absolute Gasteiger partial charge is 0.320 e. The minimum absolute atomic E-state index is 0.247. The highest BCUT2D eigenvalue weighted by atomic mass is 16.5. The highest BCUT2D eigenvalue weighted by molar-refractivity contribution is 5.74. The first-order valence-corrected chi connectivity index (χ1v) is 7.36. The zero-order chi connectivity index (χ0) is 13.0. The summed E-state index contributed by atoms with van der Waals surface area (Å²) in [6.07, 6.45) is 4.75. The normalized spacial score (nSPS) is 26.4. The van der Waals surface area contributed by atoms with Gasteiger partial charge in [0.2, 0.25) is 0 Å². The molecule has 0 bridgehead atoms. The minimum Gasteiger partial charge on any atom is -0.378 e. The monoisotopic (exact) mass is 254 g/mol. The van der Waals surface area contributed by atoms with Gasteiger partial charge in [-0.3, -0.25) is 0 Å². The maximum absolute atomic E-state index is 12.4. The van der Waals surface area contributed by atoms with E-state index in [0.29, 0.717) is 12.0 Å². The maximum atomic E-state index is 12.4. The van der Waals surface area contributed by atoms with Crippen LogP contribution in [0.2, 0.25) is 0 Å². The van der Waals surface area contributed by atoms with Crippen LogP contribution in [-0.2, 0) is 4.74 Å². The van der Waals surface area contributed by atoms with Gasteiger partial charge in [0.25, 0.3) is 0 Å². The zero-order valence-electron chi connectivity index (χ0n) is 11.7. The number of amides is 2. The Balaban J connectivity index is 1.80. The third-order valence-corrected chi connectivity index (χ3v) is 4.04. The van der Waals surface area contributed by atoms with Gasteiger partial charge in [-0.2, -0.15) is 0 Å². The Bertz CT molecular complexity index is 275. The number of rotatable bonds is 2. The van der Waals surface area contributed by atoms with Crippen molar-refractivity contribution in [2.24, 2.45) is 5.92 Å². The second-order valence-corrected chi connectivity index (χ2v) is 5.62. The molecule has 0 saturated carbocycles. The lowest BCUT2D eigenvalue weighted by atomic mass is 10.0. The molecule has 104 valence electrons.